The molecule has 0 aromatic carbocycles. The summed E-state index contributed by atoms with van der Waals surface area (Å²) < 4.78 is 0. The molecule has 12 heavy (non-hydrogen) atoms. The van der Waals surface area contributed by atoms with Gasteiger partial charge < -0.3 is 0 Å². The van der Waals surface area contributed by atoms with Crippen LogP contribution in [-0.4, -0.2) is 17.3 Å². The molecule has 0 fully saturated rings. The van der Waals surface area contributed by atoms with E-state index in [-0.39, 0.29) is 36.6 Å². The van der Waals surface area contributed by atoms with Gasteiger partial charge in [0.1, 0.15) is 11.6 Å². The Balaban J connectivity index is 3.64. The van der Waals surface area contributed by atoms with Crippen LogP contribution in [0.3, 0.4) is 0 Å². The summed E-state index contributed by atoms with van der Waals surface area (Å²) >= 11 is 0. The fourth-order valence-corrected chi connectivity index (χ4v) is 0.731. The van der Waals surface area contributed by atoms with Gasteiger partial charge in [-0.25, -0.2) is 0 Å². The molecular formula is C9H12O3. The fraction of sp³-hybridized carbons (Fsp3) is 0.444. The highest BCUT2D eigenvalue weighted by Gasteiger charge is 2.06. The van der Waals surface area contributed by atoms with Crippen LogP contribution in [0, 0.1) is 0 Å². The molecule has 0 amide bonds. The Morgan fingerprint density at radius 1 is 1.25 bits per heavy atom. The maximum absolute atomic E-state index is 10.9. The van der Waals surface area contributed by atoms with Crippen LogP contribution in [0.25, 0.3) is 0 Å². The lowest BCUT2D eigenvalue weighted by atomic mass is 10.1. The molecule has 0 aliphatic rings. The summed E-state index contributed by atoms with van der Waals surface area (Å²) in [6.07, 6.45) is 1.42. The fourth-order valence-electron chi connectivity index (χ4n) is 0.731. The number of carbonyl (C=O) groups excluding carboxylic acids is 3. The summed E-state index contributed by atoms with van der Waals surface area (Å²) in [6, 6.07) is 0. The van der Waals surface area contributed by atoms with Crippen molar-refractivity contribution in [1.82, 2.24) is 0 Å². The molecule has 66 valence electrons. The van der Waals surface area contributed by atoms with Gasteiger partial charge in [0, 0.05) is 12.8 Å². The maximum atomic E-state index is 10.9. The van der Waals surface area contributed by atoms with Crippen LogP contribution >= 0.6 is 0 Å². The van der Waals surface area contributed by atoms with Gasteiger partial charge in [0.25, 0.3) is 0 Å². The van der Waals surface area contributed by atoms with Gasteiger partial charge >= 0.3 is 0 Å². The third kappa shape index (κ3) is 5.53. The van der Waals surface area contributed by atoms with Crippen molar-refractivity contribution in [2.45, 2.75) is 26.2 Å². The molecule has 0 saturated heterocycles. The molecular weight excluding hydrogens is 156 g/mol. The first-order valence-electron chi connectivity index (χ1n) is 3.72. The lowest BCUT2D eigenvalue weighted by Crippen LogP contribution is -2.06. The first-order valence-corrected chi connectivity index (χ1v) is 3.72. The molecule has 0 rings (SSSR count). The first kappa shape index (κ1) is 10.8. The topological polar surface area (TPSA) is 51.2 Å². The molecule has 0 unspecified atom stereocenters. The summed E-state index contributed by atoms with van der Waals surface area (Å²) in [7, 11) is 0. The minimum absolute atomic E-state index is 0.0651. The summed E-state index contributed by atoms with van der Waals surface area (Å²) in [4.78, 5) is 32.0. The van der Waals surface area contributed by atoms with Gasteiger partial charge in [0.2, 0.25) is 0 Å². The van der Waals surface area contributed by atoms with E-state index < -0.39 is 0 Å². The normalized spacial score (nSPS) is 9.08. The van der Waals surface area contributed by atoms with Gasteiger partial charge in [0.15, 0.2) is 5.78 Å². The van der Waals surface area contributed by atoms with Gasteiger partial charge in [-0.3, -0.25) is 14.4 Å². The summed E-state index contributed by atoms with van der Waals surface area (Å²) in [5.74, 6) is -0.504. The Bertz CT molecular complexity index is 216. The lowest BCUT2D eigenvalue weighted by Gasteiger charge is -1.94. The van der Waals surface area contributed by atoms with Crippen molar-refractivity contribution < 1.29 is 14.4 Å². The van der Waals surface area contributed by atoms with Crippen molar-refractivity contribution in [3.63, 3.8) is 0 Å². The maximum Gasteiger partial charge on any atom is 0.155 e. The number of Topliss-reactive ketones (excluding diaryl/α,β-unsaturated/α-hetero) is 2. The van der Waals surface area contributed by atoms with E-state index in [1.165, 1.54) is 13.0 Å². The average molecular weight is 168 g/mol. The van der Waals surface area contributed by atoms with Crippen molar-refractivity contribution >= 4 is 17.3 Å². The molecule has 0 aliphatic carbocycles. The van der Waals surface area contributed by atoms with Crippen molar-refractivity contribution in [2.75, 3.05) is 0 Å². The zero-order chi connectivity index (χ0) is 9.56. The Kier molecular flexibility index (Phi) is 4.84. The minimum atomic E-state index is -0.183. The predicted molar refractivity (Wildman–Crippen MR) is 44.7 cm³/mol. The van der Waals surface area contributed by atoms with E-state index in [4.69, 9.17) is 0 Å². The Morgan fingerprint density at radius 3 is 2.25 bits per heavy atom. The molecule has 0 spiro atoms. The summed E-state index contributed by atoms with van der Waals surface area (Å²) in [5.41, 5.74) is 0. The van der Waals surface area contributed by atoms with Gasteiger partial charge in [-0.2, -0.15) is 0 Å². The molecule has 0 radical (unpaired) electrons. The monoisotopic (exact) mass is 168 g/mol. The molecule has 0 aromatic rings. The van der Waals surface area contributed by atoms with Crippen molar-refractivity contribution in [2.24, 2.45) is 0 Å². The Hall–Kier alpha value is -1.25. The Labute approximate surface area is 71.5 Å². The van der Waals surface area contributed by atoms with E-state index in [1.807, 2.05) is 0 Å². The molecule has 0 N–H and O–H groups in total. The third-order valence-electron chi connectivity index (χ3n) is 1.32. The van der Waals surface area contributed by atoms with Crippen LogP contribution in [-0.2, 0) is 14.4 Å². The standard InChI is InChI=1S/C9H12O3/c1-3-8(11)4-5-9(12)6-7(2)10/h3H,1,4-6H2,2H3. The van der Waals surface area contributed by atoms with E-state index in [2.05, 4.69) is 6.58 Å². The number of allylic oxidation sites excluding steroid dienone is 1. The number of carbonyl (C=O) groups is 3. The minimum Gasteiger partial charge on any atom is -0.300 e. The van der Waals surface area contributed by atoms with Gasteiger partial charge in [-0.1, -0.05) is 6.58 Å². The van der Waals surface area contributed by atoms with E-state index in [1.54, 1.807) is 0 Å². The summed E-state index contributed by atoms with van der Waals surface area (Å²) in [5, 5.41) is 0. The largest absolute Gasteiger partial charge is 0.300 e. The van der Waals surface area contributed by atoms with Crippen molar-refractivity contribution in [3.8, 4) is 0 Å². The quantitative estimate of drug-likeness (QED) is 0.440. The number of ketones is 3. The molecule has 0 aliphatic heterocycles. The highest BCUT2D eigenvalue weighted by molar-refractivity contribution is 6.00. The van der Waals surface area contributed by atoms with Crippen LogP contribution in [0.15, 0.2) is 12.7 Å². The second-order valence-electron chi connectivity index (χ2n) is 2.59. The predicted octanol–water partition coefficient (Wildman–Crippen LogP) is 1.07. The highest BCUT2D eigenvalue weighted by atomic mass is 16.1. The Morgan fingerprint density at radius 2 is 1.83 bits per heavy atom. The van der Waals surface area contributed by atoms with E-state index in [0.29, 0.717) is 0 Å². The molecule has 0 atom stereocenters. The number of hydrogen-bond acceptors (Lipinski definition) is 3. The second kappa shape index (κ2) is 5.41. The molecule has 0 heterocycles. The smallest absolute Gasteiger partial charge is 0.155 e. The third-order valence-corrected chi connectivity index (χ3v) is 1.32. The van der Waals surface area contributed by atoms with Gasteiger partial charge in [0.05, 0.1) is 6.42 Å². The second-order valence-corrected chi connectivity index (χ2v) is 2.59. The molecule has 3 nitrogen and oxygen atoms in total. The van der Waals surface area contributed by atoms with E-state index in [0.717, 1.165) is 0 Å². The molecule has 0 bridgehead atoms. The summed E-state index contributed by atoms with van der Waals surface area (Å²) in [6.45, 7) is 4.63. The average Bonchev–Trinajstić information content (AvgIpc) is 1.99. The highest BCUT2D eigenvalue weighted by Crippen LogP contribution is 1.97. The van der Waals surface area contributed by atoms with Crippen LogP contribution < -0.4 is 0 Å². The zero-order valence-electron chi connectivity index (χ0n) is 7.13. The van der Waals surface area contributed by atoms with Crippen molar-refractivity contribution in [1.29, 1.82) is 0 Å². The molecule has 0 saturated carbocycles. The van der Waals surface area contributed by atoms with Gasteiger partial charge in [-0.15, -0.1) is 0 Å². The van der Waals surface area contributed by atoms with Crippen LogP contribution in [0.5, 0.6) is 0 Å². The number of hydrogen-bond donors (Lipinski definition) is 0. The van der Waals surface area contributed by atoms with E-state index in [9.17, 15) is 14.4 Å². The van der Waals surface area contributed by atoms with Crippen LogP contribution in [0.1, 0.15) is 26.2 Å². The molecule has 0 aromatic heterocycles. The SMILES string of the molecule is C=CC(=O)CCC(=O)CC(C)=O. The number of rotatable bonds is 6. The van der Waals surface area contributed by atoms with E-state index >= 15 is 0 Å². The lowest BCUT2D eigenvalue weighted by molar-refractivity contribution is -0.127. The van der Waals surface area contributed by atoms with Crippen LogP contribution in [0.2, 0.25) is 0 Å². The van der Waals surface area contributed by atoms with Crippen LogP contribution in [0.4, 0.5) is 0 Å². The first-order chi connectivity index (χ1) is 5.56. The van der Waals surface area contributed by atoms with Gasteiger partial charge in [-0.05, 0) is 13.0 Å². The van der Waals surface area contributed by atoms with Crippen molar-refractivity contribution in [3.05, 3.63) is 12.7 Å². The molecule has 3 heteroatoms. The zero-order valence-corrected chi connectivity index (χ0v) is 7.13.